The number of allylic oxidation sites excluding steroid dienone is 1. The lowest BCUT2D eigenvalue weighted by molar-refractivity contribution is -0.0583. The van der Waals surface area contributed by atoms with Crippen molar-refractivity contribution in [3.05, 3.63) is 41.3 Å². The van der Waals surface area contributed by atoms with Crippen molar-refractivity contribution in [2.45, 2.75) is 19.6 Å². The van der Waals surface area contributed by atoms with Crippen LogP contribution in [0.15, 0.2) is 28.7 Å². The molecule has 5 nitrogen and oxygen atoms in total. The van der Waals surface area contributed by atoms with Crippen molar-refractivity contribution in [1.29, 1.82) is 5.41 Å². The van der Waals surface area contributed by atoms with Gasteiger partial charge in [-0.1, -0.05) is 6.08 Å². The first-order valence-corrected chi connectivity index (χ1v) is 6.95. The molecule has 0 radical (unpaired) electrons. The molecule has 0 bridgehead atoms. The Hall–Kier alpha value is -2.61. The molecule has 1 aromatic heterocycles. The molecule has 0 saturated carbocycles. The van der Waals surface area contributed by atoms with E-state index < -0.39 is 11.9 Å². The monoisotopic (exact) mass is 339 g/mol. The average molecular weight is 339 g/mol. The van der Waals surface area contributed by atoms with Crippen LogP contribution in [0.1, 0.15) is 17.0 Å². The van der Waals surface area contributed by atoms with Crippen molar-refractivity contribution in [2.75, 3.05) is 7.11 Å². The Bertz CT molecular complexity index is 779. The lowest BCUT2D eigenvalue weighted by atomic mass is 10.1. The number of halogens is 3. The molecule has 1 aromatic carbocycles. The molecule has 8 heteroatoms. The number of rotatable bonds is 5. The van der Waals surface area contributed by atoms with Crippen LogP contribution in [0.4, 0.5) is 13.2 Å². The van der Waals surface area contributed by atoms with Gasteiger partial charge in [0.25, 0.3) is 0 Å². The van der Waals surface area contributed by atoms with Gasteiger partial charge in [-0.2, -0.15) is 13.2 Å². The first-order chi connectivity index (χ1) is 11.3. The highest BCUT2D eigenvalue weighted by molar-refractivity contribution is 6.00. The Morgan fingerprint density at radius 1 is 1.42 bits per heavy atom. The molecule has 0 atom stereocenters. The third-order valence-corrected chi connectivity index (χ3v) is 3.30. The molecule has 0 unspecified atom stereocenters. The van der Waals surface area contributed by atoms with Gasteiger partial charge in [0.05, 0.1) is 19.3 Å². The Kier molecular flexibility index (Phi) is 5.08. The fraction of sp³-hybridized carbons (Fsp3) is 0.250. The van der Waals surface area contributed by atoms with E-state index in [-0.39, 0.29) is 12.4 Å². The van der Waals surface area contributed by atoms with Crippen molar-refractivity contribution in [1.82, 2.24) is 4.98 Å². The second kappa shape index (κ2) is 6.88. The summed E-state index contributed by atoms with van der Waals surface area (Å²) in [7, 11) is 1.45. The van der Waals surface area contributed by atoms with E-state index in [1.807, 2.05) is 0 Å². The van der Waals surface area contributed by atoms with E-state index in [0.717, 1.165) is 0 Å². The highest BCUT2D eigenvalue weighted by Crippen LogP contribution is 2.30. The van der Waals surface area contributed by atoms with Gasteiger partial charge in [0.2, 0.25) is 5.89 Å². The van der Waals surface area contributed by atoms with Crippen molar-refractivity contribution in [2.24, 2.45) is 5.73 Å². The van der Waals surface area contributed by atoms with E-state index in [2.05, 4.69) is 4.98 Å². The molecule has 0 aliphatic rings. The van der Waals surface area contributed by atoms with E-state index in [1.165, 1.54) is 19.3 Å². The smallest absolute Gasteiger partial charge is 0.432 e. The summed E-state index contributed by atoms with van der Waals surface area (Å²) in [6.07, 6.45) is -2.85. The highest BCUT2D eigenvalue weighted by Gasteiger charge is 2.32. The lowest BCUT2D eigenvalue weighted by Gasteiger charge is -2.07. The minimum Gasteiger partial charge on any atom is -0.497 e. The molecular formula is C16H16F3N3O2. The Balaban J connectivity index is 2.48. The maximum atomic E-state index is 12.5. The number of nitrogens with one attached hydrogen (secondary N) is 1. The minimum atomic E-state index is -4.71. The summed E-state index contributed by atoms with van der Waals surface area (Å²) < 4.78 is 48.1. The van der Waals surface area contributed by atoms with Crippen molar-refractivity contribution < 1.29 is 22.3 Å². The standard InChI is InChI=1S/C16H16F3N3O2/c1-9-13(8-20)24-15(22-9)12-5-4-11(23-2)7-10(12)3-6-14(21)16(17,18)19/h3-7,21H,8,20H2,1-2H3/b6-3-,21-14?. The number of methoxy groups -OCH3 is 1. The van der Waals surface area contributed by atoms with Crippen LogP contribution >= 0.6 is 0 Å². The maximum absolute atomic E-state index is 12.5. The van der Waals surface area contributed by atoms with Gasteiger partial charge in [0, 0.05) is 5.56 Å². The van der Waals surface area contributed by atoms with E-state index in [9.17, 15) is 13.2 Å². The zero-order valence-corrected chi connectivity index (χ0v) is 13.1. The third kappa shape index (κ3) is 3.83. The topological polar surface area (TPSA) is 85.1 Å². The van der Waals surface area contributed by atoms with Crippen LogP contribution < -0.4 is 10.5 Å². The van der Waals surface area contributed by atoms with E-state index >= 15 is 0 Å². The SMILES string of the molecule is COc1ccc(-c2nc(C)c(CN)o2)c(/C=C\C(=N)C(F)(F)F)c1. The van der Waals surface area contributed by atoms with Gasteiger partial charge >= 0.3 is 6.18 Å². The Labute approximate surface area is 136 Å². The first kappa shape index (κ1) is 17.7. The van der Waals surface area contributed by atoms with Crippen molar-refractivity contribution in [3.8, 4) is 17.2 Å². The molecule has 0 spiro atoms. The lowest BCUT2D eigenvalue weighted by Crippen LogP contribution is -2.19. The predicted molar refractivity (Wildman–Crippen MR) is 83.9 cm³/mol. The molecule has 1 heterocycles. The van der Waals surface area contributed by atoms with Gasteiger partial charge < -0.3 is 14.9 Å². The summed E-state index contributed by atoms with van der Waals surface area (Å²) in [5.41, 5.74) is 5.57. The molecule has 3 N–H and O–H groups in total. The van der Waals surface area contributed by atoms with Crippen LogP contribution in [0.5, 0.6) is 5.75 Å². The highest BCUT2D eigenvalue weighted by atomic mass is 19.4. The van der Waals surface area contributed by atoms with Crippen LogP contribution in [-0.4, -0.2) is 24.0 Å². The number of oxazole rings is 1. The van der Waals surface area contributed by atoms with Crippen LogP contribution in [-0.2, 0) is 6.54 Å². The van der Waals surface area contributed by atoms with Crippen molar-refractivity contribution >= 4 is 11.8 Å². The first-order valence-electron chi connectivity index (χ1n) is 6.95. The molecule has 0 saturated heterocycles. The van der Waals surface area contributed by atoms with Crippen LogP contribution in [0, 0.1) is 12.3 Å². The molecule has 0 amide bonds. The molecule has 2 rings (SSSR count). The molecule has 0 aliphatic heterocycles. The molecule has 2 aromatic rings. The molecule has 128 valence electrons. The van der Waals surface area contributed by atoms with Gasteiger partial charge in [-0.05, 0) is 36.8 Å². The number of benzene rings is 1. The normalized spacial score (nSPS) is 11.9. The van der Waals surface area contributed by atoms with Crippen LogP contribution in [0.2, 0.25) is 0 Å². The number of alkyl halides is 3. The number of ether oxygens (including phenoxy) is 1. The molecule has 24 heavy (non-hydrogen) atoms. The van der Waals surface area contributed by atoms with Gasteiger partial charge in [0.1, 0.15) is 17.2 Å². The fourth-order valence-corrected chi connectivity index (χ4v) is 2.00. The number of hydrogen-bond donors (Lipinski definition) is 2. The molecule has 0 aliphatic carbocycles. The third-order valence-electron chi connectivity index (χ3n) is 3.30. The zero-order chi connectivity index (χ0) is 17.9. The largest absolute Gasteiger partial charge is 0.497 e. The van der Waals surface area contributed by atoms with Crippen LogP contribution in [0.3, 0.4) is 0 Å². The van der Waals surface area contributed by atoms with Gasteiger partial charge in [-0.3, -0.25) is 5.41 Å². The summed E-state index contributed by atoms with van der Waals surface area (Å²) in [4.78, 5) is 4.25. The summed E-state index contributed by atoms with van der Waals surface area (Å²) in [6.45, 7) is 1.90. The van der Waals surface area contributed by atoms with Gasteiger partial charge in [-0.25, -0.2) is 4.98 Å². The van der Waals surface area contributed by atoms with Crippen LogP contribution in [0.25, 0.3) is 17.5 Å². The number of aryl methyl sites for hydroxylation is 1. The van der Waals surface area contributed by atoms with Crippen molar-refractivity contribution in [3.63, 3.8) is 0 Å². The predicted octanol–water partition coefficient (Wildman–Crippen LogP) is 3.71. The number of aromatic nitrogens is 1. The zero-order valence-electron chi connectivity index (χ0n) is 13.1. The average Bonchev–Trinajstić information content (AvgIpc) is 2.92. The van der Waals surface area contributed by atoms with E-state index in [1.54, 1.807) is 19.1 Å². The number of nitrogens with zero attached hydrogens (tertiary/aromatic N) is 1. The summed E-state index contributed by atoms with van der Waals surface area (Å²) in [5, 5.41) is 7.03. The molecule has 0 fully saturated rings. The Morgan fingerprint density at radius 2 is 2.12 bits per heavy atom. The summed E-state index contributed by atoms with van der Waals surface area (Å²) >= 11 is 0. The second-order valence-corrected chi connectivity index (χ2v) is 4.93. The maximum Gasteiger partial charge on any atom is 0.432 e. The second-order valence-electron chi connectivity index (χ2n) is 4.93. The Morgan fingerprint density at radius 3 is 2.67 bits per heavy atom. The summed E-state index contributed by atoms with van der Waals surface area (Å²) in [5.74, 6) is 1.20. The number of hydrogen-bond acceptors (Lipinski definition) is 5. The minimum absolute atomic E-state index is 0.166. The van der Waals surface area contributed by atoms with Gasteiger partial charge in [0.15, 0.2) is 0 Å². The van der Waals surface area contributed by atoms with E-state index in [0.29, 0.717) is 34.4 Å². The van der Waals surface area contributed by atoms with Gasteiger partial charge in [-0.15, -0.1) is 0 Å². The number of nitrogens with two attached hydrogens (primary N) is 1. The fourth-order valence-electron chi connectivity index (χ4n) is 2.00. The summed E-state index contributed by atoms with van der Waals surface area (Å²) in [6, 6.07) is 4.81. The quantitative estimate of drug-likeness (QED) is 0.813. The van der Waals surface area contributed by atoms with E-state index in [4.69, 9.17) is 20.3 Å². The molecular weight excluding hydrogens is 323 g/mol.